The van der Waals surface area contributed by atoms with E-state index in [1.807, 2.05) is 43.0 Å². The van der Waals surface area contributed by atoms with Crippen molar-refractivity contribution in [2.75, 3.05) is 26.2 Å². The van der Waals surface area contributed by atoms with Crippen LogP contribution in [0.5, 0.6) is 5.75 Å². The number of piperidine rings is 1. The first-order valence-electron chi connectivity index (χ1n) is 11.4. The minimum Gasteiger partial charge on any atom is -0.486 e. The third-order valence-corrected chi connectivity index (χ3v) is 5.33. The molecule has 33 heavy (non-hydrogen) atoms. The number of likely N-dealkylation sites (tertiary alicyclic amines) is 1. The molecule has 0 spiro atoms. The topological polar surface area (TPSA) is 66.0 Å². The molecule has 0 aliphatic carbocycles. The molecule has 1 atom stereocenters. The molecular weight excluding hydrogens is 534 g/mol. The molecule has 1 aliphatic rings. The van der Waals surface area contributed by atoms with Crippen molar-refractivity contribution >= 4 is 35.8 Å². The molecule has 8 heteroatoms. The lowest BCUT2D eigenvalue weighted by atomic mass is 10.1. The molecule has 1 heterocycles. The number of hydrogen-bond acceptors (Lipinski definition) is 3. The van der Waals surface area contributed by atoms with Crippen LogP contribution in [0.25, 0.3) is 0 Å². The summed E-state index contributed by atoms with van der Waals surface area (Å²) in [5.74, 6) is 0.633. The van der Waals surface area contributed by atoms with E-state index < -0.39 is 0 Å². The first kappa shape index (κ1) is 26.9. The van der Waals surface area contributed by atoms with Crippen LogP contribution < -0.4 is 15.4 Å². The monoisotopic (exact) mass is 568 g/mol. The lowest BCUT2D eigenvalue weighted by Crippen LogP contribution is -2.41. The summed E-state index contributed by atoms with van der Waals surface area (Å²) < 4.78 is 19.4. The summed E-state index contributed by atoms with van der Waals surface area (Å²) in [6.07, 6.45) is 3.14. The van der Waals surface area contributed by atoms with E-state index in [-0.39, 0.29) is 47.6 Å². The van der Waals surface area contributed by atoms with Crippen LogP contribution in [0.1, 0.15) is 49.0 Å². The highest BCUT2D eigenvalue weighted by Gasteiger charge is 2.17. The van der Waals surface area contributed by atoms with Crippen molar-refractivity contribution in [3.05, 3.63) is 65.5 Å². The fourth-order valence-electron chi connectivity index (χ4n) is 3.58. The number of benzene rings is 2. The minimum atomic E-state index is -0.373. The van der Waals surface area contributed by atoms with Crippen LogP contribution in [0.4, 0.5) is 4.39 Å². The summed E-state index contributed by atoms with van der Waals surface area (Å²) in [5.41, 5.74) is 1.75. The smallest absolute Gasteiger partial charge is 0.253 e. The molecule has 1 amide bonds. The lowest BCUT2D eigenvalue weighted by Gasteiger charge is -2.26. The number of guanidine groups is 1. The van der Waals surface area contributed by atoms with Crippen LogP contribution >= 0.6 is 24.0 Å². The van der Waals surface area contributed by atoms with E-state index in [2.05, 4.69) is 15.6 Å². The molecule has 1 saturated heterocycles. The van der Waals surface area contributed by atoms with E-state index in [0.717, 1.165) is 43.6 Å². The number of halogens is 2. The van der Waals surface area contributed by atoms with Gasteiger partial charge >= 0.3 is 0 Å². The second-order valence-corrected chi connectivity index (χ2v) is 7.98. The summed E-state index contributed by atoms with van der Waals surface area (Å²) in [7, 11) is 0. The van der Waals surface area contributed by atoms with Gasteiger partial charge in [0.15, 0.2) is 17.5 Å². The largest absolute Gasteiger partial charge is 0.486 e. The molecule has 2 aromatic rings. The number of hydrogen-bond donors (Lipinski definition) is 2. The number of nitrogens with zero attached hydrogens (tertiary/aromatic N) is 2. The van der Waals surface area contributed by atoms with E-state index in [1.165, 1.54) is 12.5 Å². The molecule has 180 valence electrons. The number of rotatable bonds is 8. The molecule has 1 unspecified atom stereocenters. The Balaban J connectivity index is 0.00000385. The molecule has 1 fully saturated rings. The van der Waals surface area contributed by atoms with Gasteiger partial charge in [-0.3, -0.25) is 4.79 Å². The number of amides is 1. The summed E-state index contributed by atoms with van der Waals surface area (Å²) >= 11 is 0. The van der Waals surface area contributed by atoms with Crippen molar-refractivity contribution in [1.29, 1.82) is 0 Å². The van der Waals surface area contributed by atoms with Gasteiger partial charge in [0.25, 0.3) is 5.91 Å². The third-order valence-electron chi connectivity index (χ3n) is 5.33. The van der Waals surface area contributed by atoms with Crippen molar-refractivity contribution in [3.8, 4) is 5.75 Å². The van der Waals surface area contributed by atoms with E-state index in [9.17, 15) is 9.18 Å². The fourth-order valence-corrected chi connectivity index (χ4v) is 3.58. The van der Waals surface area contributed by atoms with Crippen molar-refractivity contribution in [2.24, 2.45) is 4.99 Å². The molecular formula is C25H34FIN4O2. The number of carbonyl (C=O) groups is 1. The SMILES string of the molecule is CCNC(=NCc1ccc(C(=O)N2CCCCC2)cc1)NCC(C)Oc1ccccc1F.I. The average Bonchev–Trinajstić information content (AvgIpc) is 2.83. The maximum Gasteiger partial charge on any atom is 0.253 e. The Morgan fingerprint density at radius 1 is 1.09 bits per heavy atom. The Bertz CT molecular complexity index is 902. The zero-order valence-electron chi connectivity index (χ0n) is 19.4. The van der Waals surface area contributed by atoms with Gasteiger partial charge in [-0.2, -0.15) is 0 Å². The van der Waals surface area contributed by atoms with Gasteiger partial charge in [0.05, 0.1) is 13.1 Å². The van der Waals surface area contributed by atoms with Gasteiger partial charge in [-0.15, -0.1) is 24.0 Å². The van der Waals surface area contributed by atoms with Crippen molar-refractivity contribution in [2.45, 2.75) is 45.8 Å². The number of carbonyl (C=O) groups excluding carboxylic acids is 1. The highest BCUT2D eigenvalue weighted by molar-refractivity contribution is 14.0. The predicted octanol–water partition coefficient (Wildman–Crippen LogP) is 4.59. The van der Waals surface area contributed by atoms with E-state index in [0.29, 0.717) is 19.0 Å². The second kappa shape index (κ2) is 14.0. The second-order valence-electron chi connectivity index (χ2n) is 7.98. The summed E-state index contributed by atoms with van der Waals surface area (Å²) in [6.45, 7) is 7.25. The number of para-hydroxylation sites is 1. The van der Waals surface area contributed by atoms with Gasteiger partial charge in [0.2, 0.25) is 0 Å². The quantitative estimate of drug-likeness (QED) is 0.278. The lowest BCUT2D eigenvalue weighted by molar-refractivity contribution is 0.0724. The zero-order chi connectivity index (χ0) is 22.8. The minimum absolute atomic E-state index is 0. The van der Waals surface area contributed by atoms with Crippen molar-refractivity contribution in [3.63, 3.8) is 0 Å². The maximum absolute atomic E-state index is 13.8. The Kier molecular flexibility index (Phi) is 11.4. The number of aliphatic imine (C=N–C) groups is 1. The molecule has 0 radical (unpaired) electrons. The average molecular weight is 568 g/mol. The van der Waals surface area contributed by atoms with Gasteiger partial charge in [-0.25, -0.2) is 9.38 Å². The molecule has 0 saturated carbocycles. The van der Waals surface area contributed by atoms with Crippen LogP contribution in [0.15, 0.2) is 53.5 Å². The third kappa shape index (κ3) is 8.49. The number of nitrogens with one attached hydrogen (secondary N) is 2. The van der Waals surface area contributed by atoms with Gasteiger partial charge < -0.3 is 20.3 Å². The molecule has 2 N–H and O–H groups in total. The zero-order valence-corrected chi connectivity index (χ0v) is 21.7. The van der Waals surface area contributed by atoms with Gasteiger partial charge in [-0.05, 0) is 62.9 Å². The van der Waals surface area contributed by atoms with Crippen LogP contribution in [-0.4, -0.2) is 49.0 Å². The fraction of sp³-hybridized carbons (Fsp3) is 0.440. The summed E-state index contributed by atoms with van der Waals surface area (Å²) in [4.78, 5) is 19.2. The van der Waals surface area contributed by atoms with Crippen LogP contribution in [0.3, 0.4) is 0 Å². The molecule has 3 rings (SSSR count). The molecule has 2 aromatic carbocycles. The van der Waals surface area contributed by atoms with Gasteiger partial charge in [0, 0.05) is 25.2 Å². The first-order chi connectivity index (χ1) is 15.6. The Morgan fingerprint density at radius 3 is 2.45 bits per heavy atom. The van der Waals surface area contributed by atoms with Crippen LogP contribution in [-0.2, 0) is 6.54 Å². The predicted molar refractivity (Wildman–Crippen MR) is 141 cm³/mol. The normalized spacial score (nSPS) is 14.8. The maximum atomic E-state index is 13.8. The van der Waals surface area contributed by atoms with Crippen LogP contribution in [0.2, 0.25) is 0 Å². The highest BCUT2D eigenvalue weighted by atomic mass is 127. The van der Waals surface area contributed by atoms with E-state index in [1.54, 1.807) is 18.2 Å². The number of ether oxygens (including phenoxy) is 1. The van der Waals surface area contributed by atoms with E-state index >= 15 is 0 Å². The summed E-state index contributed by atoms with van der Waals surface area (Å²) in [5, 5.41) is 6.44. The Morgan fingerprint density at radius 2 is 1.79 bits per heavy atom. The standard InChI is InChI=1S/C25H33FN4O2.HI/c1-3-27-25(28-17-19(2)32-23-10-6-5-9-22(23)26)29-18-20-11-13-21(14-12-20)24(31)30-15-7-4-8-16-30;/h5-6,9-14,19H,3-4,7-8,15-18H2,1-2H3,(H2,27,28,29);1H. The van der Waals surface area contributed by atoms with Crippen molar-refractivity contribution in [1.82, 2.24) is 15.5 Å². The Hall–Kier alpha value is -2.36. The molecule has 6 nitrogen and oxygen atoms in total. The first-order valence-corrected chi connectivity index (χ1v) is 11.4. The van der Waals surface area contributed by atoms with E-state index in [4.69, 9.17) is 4.74 Å². The molecule has 0 aromatic heterocycles. The van der Waals surface area contributed by atoms with Crippen molar-refractivity contribution < 1.29 is 13.9 Å². The van der Waals surface area contributed by atoms with Crippen LogP contribution in [0, 0.1) is 5.82 Å². The van der Waals surface area contributed by atoms with Gasteiger partial charge in [-0.1, -0.05) is 24.3 Å². The Labute approximate surface area is 213 Å². The van der Waals surface area contributed by atoms with Gasteiger partial charge in [0.1, 0.15) is 6.10 Å². The molecule has 1 aliphatic heterocycles. The summed E-state index contributed by atoms with van der Waals surface area (Å²) in [6, 6.07) is 14.0. The highest BCUT2D eigenvalue weighted by Crippen LogP contribution is 2.17. The molecule has 0 bridgehead atoms.